The maximum absolute atomic E-state index is 12.1. The zero-order chi connectivity index (χ0) is 25.9. The van der Waals surface area contributed by atoms with E-state index >= 15 is 0 Å². The number of H-pyrrole nitrogens is 1. The van der Waals surface area contributed by atoms with Gasteiger partial charge in [-0.15, -0.1) is 0 Å². The van der Waals surface area contributed by atoms with Crippen LogP contribution in [0.3, 0.4) is 0 Å². The van der Waals surface area contributed by atoms with Crippen LogP contribution < -0.4 is 21.3 Å². The van der Waals surface area contributed by atoms with Crippen LogP contribution in [-0.4, -0.2) is 61.5 Å². The lowest BCUT2D eigenvalue weighted by molar-refractivity contribution is -0.0392. The molecule has 0 unspecified atom stereocenters. The van der Waals surface area contributed by atoms with Gasteiger partial charge in [-0.1, -0.05) is 18.2 Å². The number of ether oxygens (including phenoxy) is 2. The summed E-state index contributed by atoms with van der Waals surface area (Å²) in [6, 6.07) is 18.5. The SMILES string of the molecule is COc1ccc(-c2nn(-c3ccccc3)cc2CNC[C@H]2O[C@@H](n3ccc(=O)[nH]c3=O)[C@H](O)[C@@H]2O)cc1. The molecule has 0 amide bonds. The summed E-state index contributed by atoms with van der Waals surface area (Å²) in [7, 11) is 1.61. The van der Waals surface area contributed by atoms with E-state index < -0.39 is 35.8 Å². The van der Waals surface area contributed by atoms with Crippen molar-refractivity contribution < 1.29 is 19.7 Å². The molecule has 2 aromatic carbocycles. The standard InChI is InChI=1S/C26H27N5O6/c1-36-19-9-7-16(8-10-19)22-17(15-31(29-22)18-5-3-2-4-6-18)13-27-14-20-23(33)24(34)25(37-20)30-12-11-21(32)28-26(30)35/h2-12,15,20,23-25,27,33-34H,13-14H2,1H3,(H,28,32,35)/t20-,23-,24-,25-/m1/s1. The number of para-hydroxylation sites is 1. The fourth-order valence-corrected chi connectivity index (χ4v) is 4.35. The topological polar surface area (TPSA) is 144 Å². The van der Waals surface area contributed by atoms with Crippen LogP contribution in [0.25, 0.3) is 16.9 Å². The molecule has 192 valence electrons. The second-order valence-corrected chi connectivity index (χ2v) is 8.71. The van der Waals surface area contributed by atoms with E-state index in [0.717, 1.165) is 38.9 Å². The predicted octanol–water partition coefficient (Wildman–Crippen LogP) is 0.807. The molecule has 1 fully saturated rings. The van der Waals surface area contributed by atoms with Crippen LogP contribution in [0.1, 0.15) is 11.8 Å². The Morgan fingerprint density at radius 2 is 1.81 bits per heavy atom. The fraction of sp³-hybridized carbons (Fsp3) is 0.269. The molecule has 11 nitrogen and oxygen atoms in total. The molecule has 0 bridgehead atoms. The van der Waals surface area contributed by atoms with Crippen LogP contribution in [0.5, 0.6) is 5.75 Å². The quantitative estimate of drug-likeness (QED) is 0.275. The number of aromatic nitrogens is 4. The summed E-state index contributed by atoms with van der Waals surface area (Å²) in [5.74, 6) is 0.744. The van der Waals surface area contributed by atoms with Gasteiger partial charge in [-0.3, -0.25) is 14.3 Å². The molecule has 1 saturated heterocycles. The van der Waals surface area contributed by atoms with Gasteiger partial charge < -0.3 is 25.0 Å². The van der Waals surface area contributed by atoms with Crippen LogP contribution >= 0.6 is 0 Å². The number of nitrogens with zero attached hydrogens (tertiary/aromatic N) is 3. The summed E-state index contributed by atoms with van der Waals surface area (Å²) in [4.78, 5) is 25.6. The Bertz CT molecular complexity index is 1460. The Labute approximate surface area is 211 Å². The summed E-state index contributed by atoms with van der Waals surface area (Å²) in [5, 5.41) is 29.1. The van der Waals surface area contributed by atoms with Gasteiger partial charge in [0.05, 0.1) is 18.5 Å². The number of hydrogen-bond donors (Lipinski definition) is 4. The Balaban J connectivity index is 1.33. The maximum Gasteiger partial charge on any atom is 0.330 e. The molecule has 4 aromatic rings. The molecule has 1 aliphatic rings. The smallest absolute Gasteiger partial charge is 0.330 e. The zero-order valence-electron chi connectivity index (χ0n) is 20.0. The highest BCUT2D eigenvalue weighted by atomic mass is 16.6. The normalized spacial score (nSPS) is 21.3. The van der Waals surface area contributed by atoms with Crippen LogP contribution in [0, 0.1) is 0 Å². The first kappa shape index (κ1) is 24.7. The lowest BCUT2D eigenvalue weighted by atomic mass is 10.1. The second-order valence-electron chi connectivity index (χ2n) is 8.71. The van der Waals surface area contributed by atoms with Crippen LogP contribution in [0.2, 0.25) is 0 Å². The van der Waals surface area contributed by atoms with Crippen molar-refractivity contribution in [1.82, 2.24) is 24.6 Å². The number of aliphatic hydroxyl groups is 2. The van der Waals surface area contributed by atoms with Crippen LogP contribution in [-0.2, 0) is 11.3 Å². The molecule has 4 N–H and O–H groups in total. The number of aliphatic hydroxyl groups excluding tert-OH is 2. The fourth-order valence-electron chi connectivity index (χ4n) is 4.35. The highest BCUT2D eigenvalue weighted by molar-refractivity contribution is 5.64. The van der Waals surface area contributed by atoms with Crippen molar-refractivity contribution in [2.75, 3.05) is 13.7 Å². The maximum atomic E-state index is 12.1. The van der Waals surface area contributed by atoms with Gasteiger partial charge >= 0.3 is 5.69 Å². The molecule has 5 rings (SSSR count). The molecular formula is C26H27N5O6. The van der Waals surface area contributed by atoms with Gasteiger partial charge in [0, 0.05) is 42.7 Å². The molecular weight excluding hydrogens is 478 g/mol. The third-order valence-corrected chi connectivity index (χ3v) is 6.30. The monoisotopic (exact) mass is 505 g/mol. The summed E-state index contributed by atoms with van der Waals surface area (Å²) < 4.78 is 13.9. The Hall–Kier alpha value is -4.03. The molecule has 3 heterocycles. The molecule has 37 heavy (non-hydrogen) atoms. The lowest BCUT2D eigenvalue weighted by Gasteiger charge is -2.16. The zero-order valence-corrected chi connectivity index (χ0v) is 20.0. The van der Waals surface area contributed by atoms with Crippen molar-refractivity contribution in [3.05, 3.63) is 99.5 Å². The number of rotatable bonds is 8. The summed E-state index contributed by atoms with van der Waals surface area (Å²) in [6.45, 7) is 0.603. The van der Waals surface area contributed by atoms with Crippen molar-refractivity contribution in [1.29, 1.82) is 0 Å². The van der Waals surface area contributed by atoms with E-state index in [1.54, 1.807) is 11.8 Å². The third-order valence-electron chi connectivity index (χ3n) is 6.30. The van der Waals surface area contributed by atoms with E-state index in [4.69, 9.17) is 14.6 Å². The molecule has 0 spiro atoms. The van der Waals surface area contributed by atoms with E-state index in [9.17, 15) is 19.8 Å². The summed E-state index contributed by atoms with van der Waals surface area (Å²) >= 11 is 0. The first-order valence-electron chi connectivity index (χ1n) is 11.8. The molecule has 2 aromatic heterocycles. The summed E-state index contributed by atoms with van der Waals surface area (Å²) in [6.07, 6.45) is -1.31. The van der Waals surface area contributed by atoms with Crippen molar-refractivity contribution >= 4 is 0 Å². The van der Waals surface area contributed by atoms with E-state index in [0.29, 0.717) is 6.54 Å². The Morgan fingerprint density at radius 1 is 1.05 bits per heavy atom. The van der Waals surface area contributed by atoms with E-state index in [1.807, 2.05) is 60.8 Å². The number of aromatic amines is 1. The van der Waals surface area contributed by atoms with Gasteiger partial charge in [0.2, 0.25) is 0 Å². The highest BCUT2D eigenvalue weighted by Crippen LogP contribution is 2.29. The minimum absolute atomic E-state index is 0.200. The average Bonchev–Trinajstić information content (AvgIpc) is 3.46. The molecule has 0 aliphatic carbocycles. The van der Waals surface area contributed by atoms with Crippen LogP contribution in [0.4, 0.5) is 0 Å². The van der Waals surface area contributed by atoms with E-state index in [2.05, 4.69) is 10.3 Å². The van der Waals surface area contributed by atoms with E-state index in [1.165, 1.54) is 6.20 Å². The Morgan fingerprint density at radius 3 is 2.51 bits per heavy atom. The van der Waals surface area contributed by atoms with Gasteiger partial charge in [0.25, 0.3) is 5.56 Å². The van der Waals surface area contributed by atoms with Crippen molar-refractivity contribution in [2.24, 2.45) is 0 Å². The third kappa shape index (κ3) is 5.11. The highest BCUT2D eigenvalue weighted by Gasteiger charge is 2.43. The number of methoxy groups -OCH3 is 1. The lowest BCUT2D eigenvalue weighted by Crippen LogP contribution is -2.38. The minimum Gasteiger partial charge on any atom is -0.497 e. The van der Waals surface area contributed by atoms with Gasteiger partial charge in [-0.05, 0) is 36.4 Å². The molecule has 0 radical (unpaired) electrons. The van der Waals surface area contributed by atoms with Gasteiger partial charge in [0.1, 0.15) is 24.1 Å². The van der Waals surface area contributed by atoms with Crippen molar-refractivity contribution in [3.63, 3.8) is 0 Å². The van der Waals surface area contributed by atoms with Crippen molar-refractivity contribution in [2.45, 2.75) is 31.1 Å². The molecule has 0 saturated carbocycles. The first-order valence-corrected chi connectivity index (χ1v) is 11.8. The number of benzene rings is 2. The van der Waals surface area contributed by atoms with E-state index in [-0.39, 0.29) is 6.54 Å². The second kappa shape index (κ2) is 10.5. The summed E-state index contributed by atoms with van der Waals surface area (Å²) in [5.41, 5.74) is 2.24. The van der Waals surface area contributed by atoms with Gasteiger partial charge in [0.15, 0.2) is 6.23 Å². The molecule has 11 heteroatoms. The Kier molecular flexibility index (Phi) is 7.01. The largest absolute Gasteiger partial charge is 0.497 e. The first-order chi connectivity index (χ1) is 17.9. The van der Waals surface area contributed by atoms with Gasteiger partial charge in [-0.25, -0.2) is 9.48 Å². The van der Waals surface area contributed by atoms with Crippen LogP contribution in [0.15, 0.2) is 82.6 Å². The molecule has 4 atom stereocenters. The molecule has 1 aliphatic heterocycles. The number of nitrogens with one attached hydrogen (secondary N) is 2. The van der Waals surface area contributed by atoms with Gasteiger partial charge in [-0.2, -0.15) is 5.10 Å². The number of hydrogen-bond acceptors (Lipinski definition) is 8. The van der Waals surface area contributed by atoms with Crippen molar-refractivity contribution in [3.8, 4) is 22.7 Å². The predicted molar refractivity (Wildman–Crippen MR) is 135 cm³/mol. The minimum atomic E-state index is -1.34. The average molecular weight is 506 g/mol.